The van der Waals surface area contributed by atoms with Crippen molar-refractivity contribution in [3.63, 3.8) is 0 Å². The summed E-state index contributed by atoms with van der Waals surface area (Å²) in [5, 5.41) is 3.74. The van der Waals surface area contributed by atoms with Crippen molar-refractivity contribution in [3.8, 4) is 0 Å². The van der Waals surface area contributed by atoms with Crippen LogP contribution in [0.4, 0.5) is 0 Å². The monoisotopic (exact) mass is 240 g/mol. The zero-order valence-electron chi connectivity index (χ0n) is 11.4. The summed E-state index contributed by atoms with van der Waals surface area (Å²) in [5.41, 5.74) is 6.25. The molecule has 1 saturated carbocycles. The lowest BCUT2D eigenvalue weighted by atomic mass is 9.85. The Bertz CT molecular complexity index is 246. The van der Waals surface area contributed by atoms with Crippen LogP contribution in [0.3, 0.4) is 0 Å². The average Bonchev–Trinajstić information content (AvgIpc) is 2.51. The smallest absolute Gasteiger partial charge is 0.0624 e. The second-order valence-electron chi connectivity index (χ2n) is 6.47. The number of hydrogen-bond acceptors (Lipinski definition) is 3. The Morgan fingerprint density at radius 1 is 1.29 bits per heavy atom. The quantitative estimate of drug-likeness (QED) is 0.741. The van der Waals surface area contributed by atoms with E-state index in [0.29, 0.717) is 6.04 Å². The van der Waals surface area contributed by atoms with Crippen LogP contribution in [0.25, 0.3) is 0 Å². The zero-order chi connectivity index (χ0) is 12.3. The van der Waals surface area contributed by atoms with Crippen molar-refractivity contribution in [1.82, 2.24) is 5.32 Å². The molecule has 2 aliphatic rings. The molecule has 4 atom stereocenters. The van der Waals surface area contributed by atoms with E-state index in [9.17, 15) is 0 Å². The van der Waals surface area contributed by atoms with Crippen LogP contribution in [0, 0.1) is 11.3 Å². The van der Waals surface area contributed by atoms with Gasteiger partial charge in [-0.2, -0.15) is 0 Å². The van der Waals surface area contributed by atoms with Gasteiger partial charge in [-0.05, 0) is 25.2 Å². The normalized spacial score (nSPS) is 43.6. The first kappa shape index (κ1) is 13.3. The summed E-state index contributed by atoms with van der Waals surface area (Å²) < 4.78 is 5.49. The maximum absolute atomic E-state index is 6.12. The second-order valence-corrected chi connectivity index (χ2v) is 6.47. The van der Waals surface area contributed by atoms with Crippen LogP contribution in [-0.4, -0.2) is 31.8 Å². The van der Waals surface area contributed by atoms with E-state index >= 15 is 0 Å². The van der Waals surface area contributed by atoms with Crippen LogP contribution < -0.4 is 11.1 Å². The Kier molecular flexibility index (Phi) is 4.45. The first-order chi connectivity index (χ1) is 8.10. The highest BCUT2D eigenvalue weighted by Gasteiger charge is 2.37. The third-order valence-corrected chi connectivity index (χ3v) is 4.68. The molecule has 1 saturated heterocycles. The van der Waals surface area contributed by atoms with Crippen molar-refractivity contribution >= 4 is 0 Å². The van der Waals surface area contributed by atoms with Crippen LogP contribution in [0.1, 0.15) is 46.0 Å². The predicted molar refractivity (Wildman–Crippen MR) is 70.9 cm³/mol. The molecule has 0 aromatic heterocycles. The number of ether oxygens (including phenoxy) is 1. The molecule has 3 heteroatoms. The first-order valence-corrected chi connectivity index (χ1v) is 7.17. The van der Waals surface area contributed by atoms with Gasteiger partial charge in [0.25, 0.3) is 0 Å². The number of nitrogens with one attached hydrogen (secondary N) is 1. The number of rotatable bonds is 3. The van der Waals surface area contributed by atoms with E-state index in [0.717, 1.165) is 25.7 Å². The highest BCUT2D eigenvalue weighted by Crippen LogP contribution is 2.27. The van der Waals surface area contributed by atoms with E-state index in [4.69, 9.17) is 10.5 Å². The maximum atomic E-state index is 6.12. The fourth-order valence-electron chi connectivity index (χ4n) is 2.98. The summed E-state index contributed by atoms with van der Waals surface area (Å²) in [6, 6.07) is 0.893. The summed E-state index contributed by atoms with van der Waals surface area (Å²) in [4.78, 5) is 0. The maximum Gasteiger partial charge on any atom is 0.0624 e. The Morgan fingerprint density at radius 3 is 2.82 bits per heavy atom. The van der Waals surface area contributed by atoms with Gasteiger partial charge < -0.3 is 15.8 Å². The minimum Gasteiger partial charge on any atom is -0.379 e. The standard InChI is InChI=1S/C14H28N2O/c1-11-4-3-5-12(7-6-11)16-9-14(2)10-17-8-13(14)15/h11-13,16H,3-10,15H2,1-2H3. The van der Waals surface area contributed by atoms with E-state index in [1.807, 2.05) is 0 Å². The Labute approximate surface area is 105 Å². The van der Waals surface area contributed by atoms with Gasteiger partial charge >= 0.3 is 0 Å². The van der Waals surface area contributed by atoms with Gasteiger partial charge in [0.2, 0.25) is 0 Å². The molecule has 4 unspecified atom stereocenters. The molecule has 0 radical (unpaired) electrons. The van der Waals surface area contributed by atoms with Crippen LogP contribution in [-0.2, 0) is 4.74 Å². The summed E-state index contributed by atoms with van der Waals surface area (Å²) >= 11 is 0. The third-order valence-electron chi connectivity index (χ3n) is 4.68. The highest BCUT2D eigenvalue weighted by molar-refractivity contribution is 4.92. The van der Waals surface area contributed by atoms with Crippen LogP contribution in [0.2, 0.25) is 0 Å². The van der Waals surface area contributed by atoms with Crippen molar-refractivity contribution in [2.24, 2.45) is 17.1 Å². The molecule has 2 rings (SSSR count). The largest absolute Gasteiger partial charge is 0.379 e. The lowest BCUT2D eigenvalue weighted by Gasteiger charge is -2.29. The van der Waals surface area contributed by atoms with Gasteiger partial charge in [-0.25, -0.2) is 0 Å². The molecule has 0 aromatic carbocycles. The van der Waals surface area contributed by atoms with Crippen LogP contribution >= 0.6 is 0 Å². The van der Waals surface area contributed by atoms with Gasteiger partial charge in [-0.15, -0.1) is 0 Å². The molecule has 2 fully saturated rings. The molecular weight excluding hydrogens is 212 g/mol. The van der Waals surface area contributed by atoms with Gasteiger partial charge in [-0.1, -0.05) is 26.7 Å². The second kappa shape index (κ2) is 5.68. The molecule has 3 nitrogen and oxygen atoms in total. The van der Waals surface area contributed by atoms with E-state index < -0.39 is 0 Å². The summed E-state index contributed by atoms with van der Waals surface area (Å²) in [6.07, 6.45) is 6.80. The molecule has 0 aromatic rings. The van der Waals surface area contributed by atoms with Crippen molar-refractivity contribution in [2.75, 3.05) is 19.8 Å². The lowest BCUT2D eigenvalue weighted by Crippen LogP contribution is -2.47. The van der Waals surface area contributed by atoms with Crippen LogP contribution in [0.5, 0.6) is 0 Å². The topological polar surface area (TPSA) is 47.3 Å². The molecule has 1 heterocycles. The molecule has 0 amide bonds. The fraction of sp³-hybridized carbons (Fsp3) is 1.00. The minimum absolute atomic E-state index is 0.137. The Morgan fingerprint density at radius 2 is 2.12 bits per heavy atom. The molecule has 1 aliphatic carbocycles. The molecule has 3 N–H and O–H groups in total. The molecule has 0 bridgehead atoms. The third kappa shape index (κ3) is 3.43. The summed E-state index contributed by atoms with van der Waals surface area (Å²) in [5.74, 6) is 0.912. The van der Waals surface area contributed by atoms with E-state index in [1.54, 1.807) is 0 Å². The molecule has 1 aliphatic heterocycles. The molecule has 17 heavy (non-hydrogen) atoms. The highest BCUT2D eigenvalue weighted by atomic mass is 16.5. The van der Waals surface area contributed by atoms with Gasteiger partial charge in [0, 0.05) is 24.0 Å². The summed E-state index contributed by atoms with van der Waals surface area (Å²) in [6.45, 7) is 7.17. The van der Waals surface area contributed by atoms with Gasteiger partial charge in [0.15, 0.2) is 0 Å². The Hall–Kier alpha value is -0.120. The van der Waals surface area contributed by atoms with Crippen molar-refractivity contribution in [1.29, 1.82) is 0 Å². The average molecular weight is 240 g/mol. The van der Waals surface area contributed by atoms with Crippen LogP contribution in [0.15, 0.2) is 0 Å². The van der Waals surface area contributed by atoms with Crippen molar-refractivity contribution in [2.45, 2.75) is 58.0 Å². The van der Waals surface area contributed by atoms with Crippen molar-refractivity contribution < 1.29 is 4.74 Å². The van der Waals surface area contributed by atoms with E-state index in [-0.39, 0.29) is 11.5 Å². The van der Waals surface area contributed by atoms with Gasteiger partial charge in [0.05, 0.1) is 13.2 Å². The SMILES string of the molecule is CC1CCCC(NCC2(C)COCC2N)CC1. The predicted octanol–water partition coefficient (Wildman–Crippen LogP) is 1.91. The first-order valence-electron chi connectivity index (χ1n) is 7.17. The van der Waals surface area contributed by atoms with Crippen molar-refractivity contribution in [3.05, 3.63) is 0 Å². The number of nitrogens with two attached hydrogens (primary N) is 1. The lowest BCUT2D eigenvalue weighted by molar-refractivity contribution is 0.155. The molecule has 100 valence electrons. The van der Waals surface area contributed by atoms with E-state index in [2.05, 4.69) is 19.2 Å². The van der Waals surface area contributed by atoms with E-state index in [1.165, 1.54) is 32.1 Å². The molecular formula is C14H28N2O. The number of hydrogen-bond donors (Lipinski definition) is 2. The zero-order valence-corrected chi connectivity index (χ0v) is 11.4. The molecule has 0 spiro atoms. The fourth-order valence-corrected chi connectivity index (χ4v) is 2.98. The van der Waals surface area contributed by atoms with Gasteiger partial charge in [-0.3, -0.25) is 0 Å². The van der Waals surface area contributed by atoms with Gasteiger partial charge in [0.1, 0.15) is 0 Å². The Balaban J connectivity index is 1.77. The summed E-state index contributed by atoms with van der Waals surface area (Å²) in [7, 11) is 0. The minimum atomic E-state index is 0.137.